The minimum Gasteiger partial charge on any atom is -0.497 e. The number of nitrogens with one attached hydrogen (secondary N) is 1. The van der Waals surface area contributed by atoms with Crippen molar-refractivity contribution in [2.24, 2.45) is 0 Å². The van der Waals surface area contributed by atoms with E-state index in [0.29, 0.717) is 0 Å². The normalized spacial score (nSPS) is 10.4. The average molecular weight is 371 g/mol. The van der Waals surface area contributed by atoms with Crippen LogP contribution in [0.2, 0.25) is 0 Å². The van der Waals surface area contributed by atoms with Gasteiger partial charge in [0.2, 0.25) is 5.91 Å². The molecular weight excluding hydrogens is 354 g/mol. The number of thiazole rings is 1. The molecule has 0 aliphatic heterocycles. The van der Waals surface area contributed by atoms with Crippen LogP contribution in [0.1, 0.15) is 11.3 Å². The number of hydrogen-bond acceptors (Lipinski definition) is 6. The Labute approximate surface area is 154 Å². The van der Waals surface area contributed by atoms with E-state index in [1.54, 1.807) is 42.6 Å². The summed E-state index contributed by atoms with van der Waals surface area (Å²) in [7, 11) is 1.61. The van der Waals surface area contributed by atoms with Gasteiger partial charge in [0.1, 0.15) is 10.1 Å². The van der Waals surface area contributed by atoms with E-state index in [4.69, 9.17) is 4.74 Å². The second-order valence-corrected chi connectivity index (χ2v) is 7.28. The minimum atomic E-state index is -0.0823. The Morgan fingerprint density at radius 3 is 2.68 bits per heavy atom. The molecule has 3 aromatic rings. The lowest BCUT2D eigenvalue weighted by Crippen LogP contribution is -2.14. The van der Waals surface area contributed by atoms with Gasteiger partial charge in [-0.05, 0) is 42.0 Å². The zero-order valence-corrected chi connectivity index (χ0v) is 15.3. The summed E-state index contributed by atoms with van der Waals surface area (Å²) in [5.74, 6) is 1.52. The second kappa shape index (κ2) is 8.64. The van der Waals surface area contributed by atoms with Crippen LogP contribution >= 0.6 is 23.1 Å². The Kier molecular flexibility index (Phi) is 6.03. The Hall–Kier alpha value is -2.38. The molecule has 0 spiro atoms. The zero-order chi connectivity index (χ0) is 17.5. The van der Waals surface area contributed by atoms with Crippen LogP contribution in [0.3, 0.4) is 0 Å². The molecule has 1 amide bonds. The van der Waals surface area contributed by atoms with Crippen molar-refractivity contribution in [2.45, 2.75) is 16.5 Å². The second-order valence-electron chi connectivity index (χ2n) is 5.20. The molecule has 7 heteroatoms. The van der Waals surface area contributed by atoms with Crippen LogP contribution < -0.4 is 10.1 Å². The fraction of sp³-hybridized carbons (Fsp3) is 0.167. The number of anilines is 1. The lowest BCUT2D eigenvalue weighted by molar-refractivity contribution is -0.115. The first-order valence-corrected chi connectivity index (χ1v) is 9.49. The van der Waals surface area contributed by atoms with Crippen LogP contribution in [0.25, 0.3) is 0 Å². The molecule has 0 radical (unpaired) electrons. The van der Waals surface area contributed by atoms with E-state index in [0.717, 1.165) is 27.2 Å². The smallest absolute Gasteiger partial charge is 0.230 e. The minimum absolute atomic E-state index is 0.0823. The summed E-state index contributed by atoms with van der Waals surface area (Å²) in [5, 5.41) is 4.80. The number of methoxy groups -OCH3 is 1. The fourth-order valence-corrected chi connectivity index (χ4v) is 3.90. The van der Waals surface area contributed by atoms with Crippen molar-refractivity contribution in [3.63, 3.8) is 0 Å². The predicted molar refractivity (Wildman–Crippen MR) is 101 cm³/mol. The summed E-state index contributed by atoms with van der Waals surface area (Å²) in [4.78, 5) is 20.7. The first-order chi connectivity index (χ1) is 12.2. The predicted octanol–water partition coefficient (Wildman–Crippen LogP) is 4.02. The van der Waals surface area contributed by atoms with E-state index in [1.807, 2.05) is 41.8 Å². The quantitative estimate of drug-likeness (QED) is 0.636. The van der Waals surface area contributed by atoms with Crippen molar-refractivity contribution in [3.05, 3.63) is 65.4 Å². The lowest BCUT2D eigenvalue weighted by atomic mass is 10.2. The number of aromatic nitrogens is 2. The van der Waals surface area contributed by atoms with E-state index < -0.39 is 0 Å². The number of ether oxygens (including phenoxy) is 1. The number of benzene rings is 1. The lowest BCUT2D eigenvalue weighted by Gasteiger charge is -2.05. The summed E-state index contributed by atoms with van der Waals surface area (Å²) in [6, 6.07) is 11.2. The van der Waals surface area contributed by atoms with E-state index in [9.17, 15) is 4.79 Å². The molecule has 3 rings (SSSR count). The molecule has 2 heterocycles. The molecule has 0 bridgehead atoms. The molecule has 25 heavy (non-hydrogen) atoms. The fourth-order valence-electron chi connectivity index (χ4n) is 2.10. The molecular formula is C18H17N3O2S2. The molecule has 0 atom stereocenters. The summed E-state index contributed by atoms with van der Waals surface area (Å²) in [6.45, 7) is 0. The third kappa shape index (κ3) is 5.30. The maximum atomic E-state index is 12.1. The van der Waals surface area contributed by atoms with Gasteiger partial charge in [0.25, 0.3) is 0 Å². The van der Waals surface area contributed by atoms with Gasteiger partial charge in [-0.2, -0.15) is 0 Å². The molecule has 1 aromatic carbocycles. The number of carbonyl (C=O) groups excluding carboxylic acids is 1. The Bertz CT molecular complexity index is 820. The van der Waals surface area contributed by atoms with Gasteiger partial charge in [0, 0.05) is 29.2 Å². The molecule has 1 N–H and O–H groups in total. The third-order valence-electron chi connectivity index (χ3n) is 3.36. The van der Waals surface area contributed by atoms with Crippen LogP contribution in [0.15, 0.2) is 58.5 Å². The highest BCUT2D eigenvalue weighted by Crippen LogP contribution is 2.26. The topological polar surface area (TPSA) is 64.1 Å². The average Bonchev–Trinajstić information content (AvgIpc) is 3.08. The van der Waals surface area contributed by atoms with E-state index >= 15 is 0 Å². The molecule has 0 unspecified atom stereocenters. The van der Waals surface area contributed by atoms with Gasteiger partial charge in [-0.25, -0.2) is 4.98 Å². The van der Waals surface area contributed by atoms with Gasteiger partial charge < -0.3 is 10.1 Å². The number of thioether (sulfide) groups is 1. The maximum absolute atomic E-state index is 12.1. The Morgan fingerprint density at radius 1 is 1.20 bits per heavy atom. The van der Waals surface area contributed by atoms with Crippen LogP contribution in [0.4, 0.5) is 5.69 Å². The molecule has 128 valence electrons. The molecule has 0 fully saturated rings. The highest BCUT2D eigenvalue weighted by atomic mass is 32.2. The highest BCUT2D eigenvalue weighted by Gasteiger charge is 2.09. The Morgan fingerprint density at radius 2 is 1.96 bits per heavy atom. The van der Waals surface area contributed by atoms with Crippen molar-refractivity contribution in [1.82, 2.24) is 9.97 Å². The summed E-state index contributed by atoms with van der Waals surface area (Å²) in [6.07, 6.45) is 3.83. The van der Waals surface area contributed by atoms with Gasteiger partial charge >= 0.3 is 0 Å². The zero-order valence-electron chi connectivity index (χ0n) is 13.6. The number of pyridine rings is 1. The molecule has 5 nitrogen and oxygen atoms in total. The first kappa shape index (κ1) is 17.4. The number of nitrogens with zero attached hydrogens (tertiary/aromatic N) is 2. The summed E-state index contributed by atoms with van der Waals surface area (Å²) >= 11 is 3.23. The van der Waals surface area contributed by atoms with E-state index in [2.05, 4.69) is 15.3 Å². The van der Waals surface area contributed by atoms with E-state index in [-0.39, 0.29) is 12.3 Å². The molecule has 2 aromatic heterocycles. The van der Waals surface area contributed by atoms with Crippen molar-refractivity contribution < 1.29 is 9.53 Å². The molecule has 0 aliphatic carbocycles. The van der Waals surface area contributed by atoms with Crippen LogP contribution in [0, 0.1) is 0 Å². The third-order valence-corrected chi connectivity index (χ3v) is 5.50. The van der Waals surface area contributed by atoms with Crippen LogP contribution in [-0.4, -0.2) is 23.0 Å². The van der Waals surface area contributed by atoms with Gasteiger partial charge in [-0.15, -0.1) is 11.3 Å². The molecule has 0 saturated carbocycles. The van der Waals surface area contributed by atoms with Gasteiger partial charge in [0.15, 0.2) is 0 Å². The van der Waals surface area contributed by atoms with Crippen molar-refractivity contribution in [1.29, 1.82) is 0 Å². The van der Waals surface area contributed by atoms with Crippen molar-refractivity contribution >= 4 is 34.7 Å². The van der Waals surface area contributed by atoms with Crippen molar-refractivity contribution in [3.8, 4) is 5.75 Å². The van der Waals surface area contributed by atoms with Crippen LogP contribution in [-0.2, 0) is 17.0 Å². The number of amides is 1. The van der Waals surface area contributed by atoms with Gasteiger partial charge in [-0.3, -0.25) is 9.78 Å². The highest BCUT2D eigenvalue weighted by molar-refractivity contribution is 8.00. The van der Waals surface area contributed by atoms with Crippen LogP contribution in [0.5, 0.6) is 5.75 Å². The molecule has 0 aliphatic rings. The maximum Gasteiger partial charge on any atom is 0.230 e. The van der Waals surface area contributed by atoms with Crippen molar-refractivity contribution in [2.75, 3.05) is 12.4 Å². The first-order valence-electron chi connectivity index (χ1n) is 7.63. The summed E-state index contributed by atoms with van der Waals surface area (Å²) < 4.78 is 6.06. The van der Waals surface area contributed by atoms with E-state index in [1.165, 1.54) is 5.56 Å². The number of carbonyl (C=O) groups is 1. The summed E-state index contributed by atoms with van der Waals surface area (Å²) in [5.41, 5.74) is 2.73. The van der Waals surface area contributed by atoms with Gasteiger partial charge in [0.05, 0.1) is 19.2 Å². The largest absolute Gasteiger partial charge is 0.497 e. The number of hydrogen-bond donors (Lipinski definition) is 1. The standard InChI is InChI=1S/C18H17N3O2S2/c1-23-16-4-2-14(3-5-16)20-17(22)10-15-12-25-18(21-15)24-11-13-6-8-19-9-7-13/h2-9,12H,10-11H2,1H3,(H,20,22). The monoisotopic (exact) mass is 371 g/mol. The Balaban J connectivity index is 1.50. The SMILES string of the molecule is COc1ccc(NC(=O)Cc2csc(SCc3ccncc3)n2)cc1. The molecule has 0 saturated heterocycles. The van der Waals surface area contributed by atoms with Gasteiger partial charge in [-0.1, -0.05) is 11.8 Å². The number of rotatable bonds is 7.